The summed E-state index contributed by atoms with van der Waals surface area (Å²) in [5.74, 6) is -0.819. The summed E-state index contributed by atoms with van der Waals surface area (Å²) in [4.78, 5) is 39.0. The maximum Gasteiger partial charge on any atom is 0.340 e. The van der Waals surface area contributed by atoms with Gasteiger partial charge in [0.05, 0.1) is 17.4 Å². The molecule has 0 saturated carbocycles. The topological polar surface area (TPSA) is 96.3 Å². The van der Waals surface area contributed by atoms with Crippen LogP contribution in [-0.2, 0) is 9.53 Å². The van der Waals surface area contributed by atoms with E-state index in [0.717, 1.165) is 4.68 Å². The Hall–Kier alpha value is -3.32. The summed E-state index contributed by atoms with van der Waals surface area (Å²) in [5.41, 5.74) is 5.84. The van der Waals surface area contributed by atoms with Gasteiger partial charge in [-0.05, 0) is 36.8 Å². The van der Waals surface area contributed by atoms with Crippen LogP contribution in [0.2, 0.25) is 5.02 Å². The van der Waals surface area contributed by atoms with Crippen molar-refractivity contribution in [3.05, 3.63) is 85.4 Å². The molecule has 0 fully saturated rings. The Balaban J connectivity index is 2.12. The highest BCUT2D eigenvalue weighted by Crippen LogP contribution is 2.34. The Morgan fingerprint density at radius 1 is 1.11 bits per heavy atom. The highest BCUT2D eigenvalue weighted by Gasteiger charge is 2.38. The first-order valence-electron chi connectivity index (χ1n) is 8.65. The molecule has 0 radical (unpaired) electrons. The predicted octanol–water partition coefficient (Wildman–Crippen LogP) is 2.11. The van der Waals surface area contributed by atoms with E-state index in [-0.39, 0.29) is 28.8 Å². The van der Waals surface area contributed by atoms with Crippen molar-refractivity contribution in [2.75, 3.05) is 6.61 Å². The fraction of sp³-hybridized carbons (Fsp3) is 0.150. The Labute approximate surface area is 164 Å². The van der Waals surface area contributed by atoms with E-state index in [0.29, 0.717) is 10.6 Å². The lowest BCUT2D eigenvalue weighted by molar-refractivity contribution is -0.138. The molecule has 0 spiro atoms. The molecule has 3 aromatic rings. The molecule has 1 aromatic heterocycles. The van der Waals surface area contributed by atoms with E-state index in [1.165, 1.54) is 4.68 Å². The SMILES string of the molecule is CCOC(=O)C1=C(N)n2c(=O)c3ccccc3c(=O)n2C1c1cccc(Cl)c1. The quantitative estimate of drug-likeness (QED) is 0.683. The van der Waals surface area contributed by atoms with Crippen molar-refractivity contribution < 1.29 is 9.53 Å². The summed E-state index contributed by atoms with van der Waals surface area (Å²) in [7, 11) is 0. The van der Waals surface area contributed by atoms with Gasteiger partial charge in [-0.3, -0.25) is 9.59 Å². The van der Waals surface area contributed by atoms with Crippen LogP contribution in [0.5, 0.6) is 0 Å². The lowest BCUT2D eigenvalue weighted by atomic mass is 9.99. The minimum Gasteiger partial charge on any atom is -0.462 e. The number of carbonyl (C=O) groups is 1. The van der Waals surface area contributed by atoms with Gasteiger partial charge in [0.15, 0.2) is 0 Å². The minimum absolute atomic E-state index is 0.0265. The molecule has 28 heavy (non-hydrogen) atoms. The molecule has 2 aromatic carbocycles. The fourth-order valence-electron chi connectivity index (χ4n) is 3.53. The molecule has 0 amide bonds. The number of nitrogens with two attached hydrogens (primary N) is 1. The van der Waals surface area contributed by atoms with Gasteiger partial charge in [-0.25, -0.2) is 9.48 Å². The van der Waals surface area contributed by atoms with Gasteiger partial charge >= 0.3 is 5.97 Å². The number of halogens is 1. The fourth-order valence-corrected chi connectivity index (χ4v) is 3.73. The van der Waals surface area contributed by atoms with Gasteiger partial charge < -0.3 is 10.5 Å². The number of hydrogen-bond donors (Lipinski definition) is 1. The predicted molar refractivity (Wildman–Crippen MR) is 106 cm³/mol. The van der Waals surface area contributed by atoms with E-state index < -0.39 is 23.1 Å². The van der Waals surface area contributed by atoms with Gasteiger partial charge in [-0.1, -0.05) is 35.9 Å². The summed E-state index contributed by atoms with van der Waals surface area (Å²) in [6.45, 7) is 1.79. The molecule has 0 aliphatic carbocycles. The zero-order chi connectivity index (χ0) is 20.0. The van der Waals surface area contributed by atoms with Crippen molar-refractivity contribution in [2.24, 2.45) is 5.73 Å². The molecule has 2 N–H and O–H groups in total. The summed E-state index contributed by atoms with van der Waals surface area (Å²) < 4.78 is 7.38. The van der Waals surface area contributed by atoms with Gasteiger partial charge in [0, 0.05) is 5.02 Å². The molecular formula is C20H16ClN3O4. The zero-order valence-electron chi connectivity index (χ0n) is 14.9. The number of hydrogen-bond acceptors (Lipinski definition) is 5. The van der Waals surface area contributed by atoms with E-state index in [1.54, 1.807) is 55.5 Å². The molecule has 1 unspecified atom stereocenters. The van der Waals surface area contributed by atoms with Crippen molar-refractivity contribution in [3.8, 4) is 0 Å². The Morgan fingerprint density at radius 2 is 1.79 bits per heavy atom. The van der Waals surface area contributed by atoms with Crippen LogP contribution in [0.1, 0.15) is 18.5 Å². The van der Waals surface area contributed by atoms with Crippen LogP contribution in [-0.4, -0.2) is 21.9 Å². The lowest BCUT2D eigenvalue weighted by Crippen LogP contribution is -2.38. The Kier molecular flexibility index (Phi) is 4.31. The van der Waals surface area contributed by atoms with Gasteiger partial charge in [0.25, 0.3) is 11.1 Å². The van der Waals surface area contributed by atoms with Crippen LogP contribution >= 0.6 is 11.6 Å². The molecule has 1 aliphatic heterocycles. The maximum atomic E-state index is 13.2. The smallest absolute Gasteiger partial charge is 0.340 e. The number of aromatic nitrogens is 2. The van der Waals surface area contributed by atoms with E-state index >= 15 is 0 Å². The number of esters is 1. The van der Waals surface area contributed by atoms with Gasteiger partial charge in [0.2, 0.25) is 0 Å². The van der Waals surface area contributed by atoms with Crippen molar-refractivity contribution in [1.82, 2.24) is 9.36 Å². The average Bonchev–Trinajstić information content (AvgIpc) is 3.00. The van der Waals surface area contributed by atoms with E-state index in [1.807, 2.05) is 0 Å². The third kappa shape index (κ3) is 2.55. The second kappa shape index (κ2) is 6.69. The molecule has 0 bridgehead atoms. The van der Waals surface area contributed by atoms with E-state index in [2.05, 4.69) is 0 Å². The number of carbonyl (C=O) groups excluding carboxylic acids is 1. The van der Waals surface area contributed by atoms with Crippen molar-refractivity contribution in [2.45, 2.75) is 13.0 Å². The van der Waals surface area contributed by atoms with Crippen molar-refractivity contribution >= 4 is 34.2 Å². The standard InChI is InChI=1S/C20H16ClN3O4/c1-2-28-20(27)15-16(11-6-5-7-12(21)10-11)23-18(25)13-8-3-4-9-14(13)19(26)24(23)17(15)22/h3-10,16H,2,22H2,1H3. The molecule has 142 valence electrons. The second-order valence-corrected chi connectivity index (χ2v) is 6.73. The molecule has 1 aliphatic rings. The van der Waals surface area contributed by atoms with Crippen LogP contribution in [0.3, 0.4) is 0 Å². The highest BCUT2D eigenvalue weighted by molar-refractivity contribution is 6.30. The van der Waals surface area contributed by atoms with E-state index in [9.17, 15) is 14.4 Å². The third-order valence-electron chi connectivity index (χ3n) is 4.69. The first-order chi connectivity index (χ1) is 13.5. The number of fused-ring (bicyclic) bond motifs is 2. The second-order valence-electron chi connectivity index (χ2n) is 6.29. The van der Waals surface area contributed by atoms with Crippen LogP contribution in [0.15, 0.2) is 63.7 Å². The van der Waals surface area contributed by atoms with E-state index in [4.69, 9.17) is 22.1 Å². The van der Waals surface area contributed by atoms with Gasteiger partial charge in [0.1, 0.15) is 17.4 Å². The summed E-state index contributed by atoms with van der Waals surface area (Å²) in [6, 6.07) is 12.2. The largest absolute Gasteiger partial charge is 0.462 e. The van der Waals surface area contributed by atoms with Crippen LogP contribution in [0.4, 0.5) is 0 Å². The van der Waals surface area contributed by atoms with Gasteiger partial charge in [-0.2, -0.15) is 4.68 Å². The molecule has 7 nitrogen and oxygen atoms in total. The highest BCUT2D eigenvalue weighted by atomic mass is 35.5. The summed E-state index contributed by atoms with van der Waals surface area (Å²) >= 11 is 6.12. The van der Waals surface area contributed by atoms with Crippen molar-refractivity contribution in [3.63, 3.8) is 0 Å². The normalized spacial score (nSPS) is 15.7. The number of rotatable bonds is 3. The first-order valence-corrected chi connectivity index (χ1v) is 9.02. The number of benzene rings is 2. The van der Waals surface area contributed by atoms with Crippen molar-refractivity contribution in [1.29, 1.82) is 0 Å². The monoisotopic (exact) mass is 397 g/mol. The van der Waals surface area contributed by atoms with Crippen LogP contribution in [0, 0.1) is 0 Å². The molecule has 4 rings (SSSR count). The zero-order valence-corrected chi connectivity index (χ0v) is 15.6. The summed E-state index contributed by atoms with van der Waals surface area (Å²) in [5, 5.41) is 0.893. The van der Waals surface area contributed by atoms with Crippen LogP contribution in [0.25, 0.3) is 16.6 Å². The number of ether oxygens (including phenoxy) is 1. The lowest BCUT2D eigenvalue weighted by Gasteiger charge is -2.18. The number of nitrogens with zero attached hydrogens (tertiary/aromatic N) is 2. The average molecular weight is 398 g/mol. The van der Waals surface area contributed by atoms with Crippen LogP contribution < -0.4 is 16.9 Å². The third-order valence-corrected chi connectivity index (χ3v) is 4.92. The molecule has 0 saturated heterocycles. The Morgan fingerprint density at radius 3 is 2.43 bits per heavy atom. The minimum atomic E-state index is -0.928. The maximum absolute atomic E-state index is 13.2. The van der Waals surface area contributed by atoms with Gasteiger partial charge in [-0.15, -0.1) is 0 Å². The molecular weight excluding hydrogens is 382 g/mol. The summed E-state index contributed by atoms with van der Waals surface area (Å²) in [6.07, 6.45) is 0. The molecule has 1 atom stereocenters. The molecule has 2 heterocycles. The molecule has 8 heteroatoms. The first kappa shape index (κ1) is 18.1. The Bertz CT molecular complexity index is 1270.